The van der Waals surface area contributed by atoms with Gasteiger partial charge in [-0.15, -0.1) is 0 Å². The van der Waals surface area contributed by atoms with E-state index in [4.69, 9.17) is 5.11 Å². The third-order valence-electron chi connectivity index (χ3n) is 1.57. The van der Waals surface area contributed by atoms with E-state index in [1.165, 1.54) is 12.8 Å². The predicted molar refractivity (Wildman–Crippen MR) is 48.6 cm³/mol. The molecule has 0 heterocycles. The second-order valence-electron chi connectivity index (χ2n) is 3.59. The van der Waals surface area contributed by atoms with E-state index in [1.54, 1.807) is 6.92 Å². The van der Waals surface area contributed by atoms with Crippen molar-refractivity contribution in [1.29, 1.82) is 0 Å². The Labute approximate surface area is 70.0 Å². The Balaban J connectivity index is 2.91. The summed E-state index contributed by atoms with van der Waals surface area (Å²) >= 11 is 0. The number of rotatable bonds is 6. The molecule has 0 aromatic heterocycles. The summed E-state index contributed by atoms with van der Waals surface area (Å²) in [5.74, 6) is 0.795. The number of nitrogens with one attached hydrogen (secondary N) is 1. The summed E-state index contributed by atoms with van der Waals surface area (Å²) < 4.78 is 0. The summed E-state index contributed by atoms with van der Waals surface area (Å²) in [4.78, 5) is 0. The van der Waals surface area contributed by atoms with Gasteiger partial charge in [-0.3, -0.25) is 0 Å². The van der Waals surface area contributed by atoms with E-state index in [0.29, 0.717) is 0 Å². The van der Waals surface area contributed by atoms with Crippen molar-refractivity contribution in [3.8, 4) is 0 Å². The molecular weight excluding hydrogens is 138 g/mol. The molecule has 11 heavy (non-hydrogen) atoms. The fourth-order valence-corrected chi connectivity index (χ4v) is 0.946. The van der Waals surface area contributed by atoms with Crippen molar-refractivity contribution in [2.45, 2.75) is 39.7 Å². The lowest BCUT2D eigenvalue weighted by Crippen LogP contribution is -2.25. The van der Waals surface area contributed by atoms with E-state index in [-0.39, 0.29) is 6.10 Å². The first-order valence-electron chi connectivity index (χ1n) is 4.51. The molecule has 2 N–H and O–H groups in total. The Kier molecular flexibility index (Phi) is 6.57. The van der Waals surface area contributed by atoms with Gasteiger partial charge < -0.3 is 10.4 Å². The van der Waals surface area contributed by atoms with E-state index in [1.807, 2.05) is 0 Å². The maximum Gasteiger partial charge on any atom is 0.0636 e. The molecule has 0 aromatic rings. The van der Waals surface area contributed by atoms with Gasteiger partial charge in [0, 0.05) is 6.54 Å². The van der Waals surface area contributed by atoms with Gasteiger partial charge >= 0.3 is 0 Å². The molecule has 1 atom stereocenters. The second-order valence-corrected chi connectivity index (χ2v) is 3.59. The third kappa shape index (κ3) is 9.92. The van der Waals surface area contributed by atoms with Gasteiger partial charge in [0.15, 0.2) is 0 Å². The number of aliphatic hydroxyl groups is 1. The van der Waals surface area contributed by atoms with Crippen LogP contribution in [0.3, 0.4) is 0 Å². The topological polar surface area (TPSA) is 32.3 Å². The Bertz CT molecular complexity index is 71.6. The first-order chi connectivity index (χ1) is 5.13. The first-order valence-corrected chi connectivity index (χ1v) is 4.51. The zero-order valence-electron chi connectivity index (χ0n) is 7.93. The molecular formula is C9H21NO. The summed E-state index contributed by atoms with van der Waals surface area (Å²) in [5, 5.41) is 12.1. The van der Waals surface area contributed by atoms with Crippen LogP contribution in [0.1, 0.15) is 33.6 Å². The van der Waals surface area contributed by atoms with Gasteiger partial charge in [0.2, 0.25) is 0 Å². The van der Waals surface area contributed by atoms with Crippen molar-refractivity contribution < 1.29 is 5.11 Å². The van der Waals surface area contributed by atoms with Crippen molar-refractivity contribution in [3.63, 3.8) is 0 Å². The van der Waals surface area contributed by atoms with Gasteiger partial charge in [-0.1, -0.05) is 13.8 Å². The van der Waals surface area contributed by atoms with Gasteiger partial charge in [0.05, 0.1) is 6.10 Å². The predicted octanol–water partition coefficient (Wildman–Crippen LogP) is 1.39. The van der Waals surface area contributed by atoms with Crippen molar-refractivity contribution in [1.82, 2.24) is 5.32 Å². The van der Waals surface area contributed by atoms with Crippen LogP contribution < -0.4 is 5.32 Å². The molecule has 68 valence electrons. The minimum atomic E-state index is -0.214. The Hall–Kier alpha value is -0.0800. The van der Waals surface area contributed by atoms with Crippen LogP contribution >= 0.6 is 0 Å². The highest BCUT2D eigenvalue weighted by molar-refractivity contribution is 4.54. The van der Waals surface area contributed by atoms with Crippen LogP contribution in [0.5, 0.6) is 0 Å². The van der Waals surface area contributed by atoms with Crippen molar-refractivity contribution in [2.24, 2.45) is 5.92 Å². The number of hydrogen-bond acceptors (Lipinski definition) is 2. The quantitative estimate of drug-likeness (QED) is 0.574. The number of aliphatic hydroxyl groups excluding tert-OH is 1. The normalized spacial score (nSPS) is 13.9. The van der Waals surface area contributed by atoms with Gasteiger partial charge in [-0.25, -0.2) is 0 Å². The zero-order valence-corrected chi connectivity index (χ0v) is 7.93. The standard InChI is InChI=1S/C9H21NO/c1-8(2)5-4-6-10-7-9(3)11/h8-11H,4-7H2,1-3H3/t9-/m1/s1. The third-order valence-corrected chi connectivity index (χ3v) is 1.57. The van der Waals surface area contributed by atoms with Gasteiger partial charge in [0.1, 0.15) is 0 Å². The van der Waals surface area contributed by atoms with E-state index in [2.05, 4.69) is 19.2 Å². The van der Waals surface area contributed by atoms with Crippen LogP contribution in [-0.4, -0.2) is 24.3 Å². The average Bonchev–Trinajstić information content (AvgIpc) is 1.85. The highest BCUT2D eigenvalue weighted by Crippen LogP contribution is 2.01. The molecule has 0 aromatic carbocycles. The van der Waals surface area contributed by atoms with Gasteiger partial charge in [-0.2, -0.15) is 0 Å². The summed E-state index contributed by atoms with van der Waals surface area (Å²) in [6, 6.07) is 0. The average molecular weight is 159 g/mol. The summed E-state index contributed by atoms with van der Waals surface area (Å²) in [5.41, 5.74) is 0. The van der Waals surface area contributed by atoms with E-state index in [9.17, 15) is 0 Å². The van der Waals surface area contributed by atoms with Crippen LogP contribution in [0.15, 0.2) is 0 Å². The minimum Gasteiger partial charge on any atom is -0.392 e. The fraction of sp³-hybridized carbons (Fsp3) is 1.00. The van der Waals surface area contributed by atoms with Crippen molar-refractivity contribution >= 4 is 0 Å². The molecule has 0 aliphatic rings. The molecule has 0 saturated heterocycles. The van der Waals surface area contributed by atoms with Crippen LogP contribution in [0.2, 0.25) is 0 Å². The SMILES string of the molecule is CC(C)CCCNC[C@@H](C)O. The molecule has 0 radical (unpaired) electrons. The zero-order chi connectivity index (χ0) is 8.69. The van der Waals surface area contributed by atoms with Gasteiger partial charge in [-0.05, 0) is 32.2 Å². The molecule has 0 amide bonds. The van der Waals surface area contributed by atoms with Crippen LogP contribution in [0.4, 0.5) is 0 Å². The minimum absolute atomic E-state index is 0.214. The highest BCUT2D eigenvalue weighted by atomic mass is 16.3. The maximum absolute atomic E-state index is 8.90. The van der Waals surface area contributed by atoms with Crippen molar-refractivity contribution in [3.05, 3.63) is 0 Å². The Morgan fingerprint density at radius 1 is 1.27 bits per heavy atom. The first kappa shape index (κ1) is 10.9. The smallest absolute Gasteiger partial charge is 0.0636 e. The number of hydrogen-bond donors (Lipinski definition) is 2. The molecule has 0 fully saturated rings. The molecule has 0 saturated carbocycles. The van der Waals surface area contributed by atoms with Gasteiger partial charge in [0.25, 0.3) is 0 Å². The lowest BCUT2D eigenvalue weighted by molar-refractivity contribution is 0.191. The van der Waals surface area contributed by atoms with E-state index in [0.717, 1.165) is 19.0 Å². The Morgan fingerprint density at radius 3 is 2.36 bits per heavy atom. The summed E-state index contributed by atoms with van der Waals surface area (Å²) in [7, 11) is 0. The molecule has 0 aliphatic carbocycles. The molecule has 0 spiro atoms. The molecule has 0 rings (SSSR count). The second kappa shape index (κ2) is 6.62. The van der Waals surface area contributed by atoms with Crippen LogP contribution in [-0.2, 0) is 0 Å². The van der Waals surface area contributed by atoms with E-state index >= 15 is 0 Å². The lowest BCUT2D eigenvalue weighted by Gasteiger charge is -2.07. The van der Waals surface area contributed by atoms with Crippen LogP contribution in [0.25, 0.3) is 0 Å². The van der Waals surface area contributed by atoms with E-state index < -0.39 is 0 Å². The lowest BCUT2D eigenvalue weighted by atomic mass is 10.1. The van der Waals surface area contributed by atoms with Crippen LogP contribution in [0, 0.1) is 5.92 Å². The molecule has 0 unspecified atom stereocenters. The fourth-order valence-electron chi connectivity index (χ4n) is 0.946. The molecule has 2 heteroatoms. The largest absolute Gasteiger partial charge is 0.392 e. The molecule has 0 aliphatic heterocycles. The Morgan fingerprint density at radius 2 is 1.91 bits per heavy atom. The maximum atomic E-state index is 8.90. The highest BCUT2D eigenvalue weighted by Gasteiger charge is 1.95. The van der Waals surface area contributed by atoms with Crippen molar-refractivity contribution in [2.75, 3.05) is 13.1 Å². The molecule has 0 bridgehead atoms. The summed E-state index contributed by atoms with van der Waals surface area (Å²) in [6.45, 7) is 8.01. The monoisotopic (exact) mass is 159 g/mol. The summed E-state index contributed by atoms with van der Waals surface area (Å²) in [6.07, 6.45) is 2.27. The molecule has 2 nitrogen and oxygen atoms in total.